The van der Waals surface area contributed by atoms with Gasteiger partial charge in [0.2, 0.25) is 0 Å². The Hall–Kier alpha value is -2.70. The maximum atomic E-state index is 5.13. The molecule has 31 heavy (non-hydrogen) atoms. The van der Waals surface area contributed by atoms with Gasteiger partial charge in [0.15, 0.2) is 5.84 Å². The molecule has 1 aromatic heterocycles. The zero-order chi connectivity index (χ0) is 21.2. The summed E-state index contributed by atoms with van der Waals surface area (Å²) in [5.74, 6) is 1.40. The fraction of sp³-hybridized carbons (Fsp3) is 0.360. The largest absolute Gasteiger partial charge is 0.352 e. The van der Waals surface area contributed by atoms with E-state index in [9.17, 15) is 0 Å². The number of amidine groups is 1. The van der Waals surface area contributed by atoms with E-state index in [1.807, 2.05) is 0 Å². The summed E-state index contributed by atoms with van der Waals surface area (Å²) in [5.41, 5.74) is 4.42. The Kier molecular flexibility index (Phi) is 5.74. The first-order valence-electron chi connectivity index (χ1n) is 11.2. The van der Waals surface area contributed by atoms with Gasteiger partial charge in [0, 0.05) is 31.6 Å². The number of para-hydroxylation sites is 2. The van der Waals surface area contributed by atoms with Crippen LogP contribution in [-0.4, -0.2) is 41.4 Å². The second-order valence-electron chi connectivity index (χ2n) is 8.58. The minimum Gasteiger partial charge on any atom is -0.352 e. The van der Waals surface area contributed by atoms with E-state index >= 15 is 0 Å². The highest BCUT2D eigenvalue weighted by molar-refractivity contribution is 7.16. The zero-order valence-corrected chi connectivity index (χ0v) is 19.0. The second kappa shape index (κ2) is 8.81. The number of aryl methyl sites for hydroxylation is 1. The summed E-state index contributed by atoms with van der Waals surface area (Å²) in [7, 11) is 0. The molecule has 6 heteroatoms. The molecule has 2 aromatic carbocycles. The van der Waals surface area contributed by atoms with E-state index in [0.717, 1.165) is 65.4 Å². The van der Waals surface area contributed by atoms with Gasteiger partial charge in [-0.1, -0.05) is 56.3 Å². The average molecular weight is 432 g/mol. The SMILES string of the molecule is CC(C)c1nc2c(s1)Nc1ccccc1N=C2N1CCNC(CCc2ccccc2)C1. The molecular formula is C25H29N5S. The monoisotopic (exact) mass is 431 g/mol. The third-order valence-electron chi connectivity index (χ3n) is 5.91. The number of benzene rings is 2. The molecule has 0 saturated carbocycles. The summed E-state index contributed by atoms with van der Waals surface area (Å²) in [6, 6.07) is 19.5. The van der Waals surface area contributed by atoms with Gasteiger partial charge in [-0.3, -0.25) is 0 Å². The predicted molar refractivity (Wildman–Crippen MR) is 130 cm³/mol. The molecule has 3 heterocycles. The standard InChI is InChI=1S/C25H29N5S/c1-17(2)24-29-22-23(27-20-10-6-7-11-21(20)28-25(22)31-24)30-15-14-26-19(16-30)13-12-18-8-4-3-5-9-18/h3-11,17,19,26,28H,12-16H2,1-2H3. The number of rotatable bonds is 4. The van der Waals surface area contributed by atoms with E-state index in [4.69, 9.17) is 9.98 Å². The highest BCUT2D eigenvalue weighted by atomic mass is 32.1. The van der Waals surface area contributed by atoms with Crippen LogP contribution in [-0.2, 0) is 6.42 Å². The molecule has 1 atom stereocenters. The van der Waals surface area contributed by atoms with Gasteiger partial charge in [0.1, 0.15) is 10.7 Å². The van der Waals surface area contributed by atoms with Crippen LogP contribution in [0, 0.1) is 0 Å². The van der Waals surface area contributed by atoms with E-state index in [-0.39, 0.29) is 0 Å². The number of nitrogens with zero attached hydrogens (tertiary/aromatic N) is 3. The van der Waals surface area contributed by atoms with Crippen molar-refractivity contribution in [2.24, 2.45) is 4.99 Å². The number of aliphatic imine (C=N–C) groups is 1. The Morgan fingerprint density at radius 3 is 2.74 bits per heavy atom. The second-order valence-corrected chi connectivity index (χ2v) is 9.61. The minimum atomic E-state index is 0.400. The highest BCUT2D eigenvalue weighted by Crippen LogP contribution is 2.39. The number of nitrogens with one attached hydrogen (secondary N) is 2. The lowest BCUT2D eigenvalue weighted by atomic mass is 10.0. The molecule has 1 saturated heterocycles. The van der Waals surface area contributed by atoms with Gasteiger partial charge in [0.25, 0.3) is 0 Å². The Morgan fingerprint density at radius 1 is 1.10 bits per heavy atom. The van der Waals surface area contributed by atoms with Crippen molar-refractivity contribution in [3.05, 3.63) is 70.9 Å². The van der Waals surface area contributed by atoms with Crippen molar-refractivity contribution >= 4 is 33.5 Å². The van der Waals surface area contributed by atoms with E-state index in [2.05, 4.69) is 84.0 Å². The molecule has 2 aliphatic heterocycles. The van der Waals surface area contributed by atoms with Crippen LogP contribution in [0.25, 0.3) is 0 Å². The molecule has 5 nitrogen and oxygen atoms in total. The average Bonchev–Trinajstić information content (AvgIpc) is 3.15. The molecule has 1 unspecified atom stereocenters. The number of hydrogen-bond acceptors (Lipinski definition) is 6. The summed E-state index contributed by atoms with van der Waals surface area (Å²) in [5, 5.41) is 9.57. The molecule has 3 aromatic rings. The minimum absolute atomic E-state index is 0.400. The first kappa shape index (κ1) is 20.2. The molecule has 2 N–H and O–H groups in total. The van der Waals surface area contributed by atoms with Gasteiger partial charge in [-0.15, -0.1) is 11.3 Å². The Balaban J connectivity index is 1.42. The van der Waals surface area contributed by atoms with Crippen molar-refractivity contribution in [3.8, 4) is 0 Å². The fourth-order valence-electron chi connectivity index (χ4n) is 4.20. The highest BCUT2D eigenvalue weighted by Gasteiger charge is 2.29. The molecule has 0 radical (unpaired) electrons. The first-order chi connectivity index (χ1) is 15.2. The molecule has 0 amide bonds. The van der Waals surface area contributed by atoms with E-state index in [0.29, 0.717) is 12.0 Å². The lowest BCUT2D eigenvalue weighted by molar-refractivity contribution is 0.282. The van der Waals surface area contributed by atoms with Crippen molar-refractivity contribution in [1.82, 2.24) is 15.2 Å². The van der Waals surface area contributed by atoms with Crippen molar-refractivity contribution in [2.75, 3.05) is 25.0 Å². The van der Waals surface area contributed by atoms with Crippen LogP contribution in [0.1, 0.15) is 42.5 Å². The molecule has 0 bridgehead atoms. The number of hydrogen-bond donors (Lipinski definition) is 2. The van der Waals surface area contributed by atoms with Crippen molar-refractivity contribution in [3.63, 3.8) is 0 Å². The lowest BCUT2D eigenvalue weighted by Crippen LogP contribution is -2.53. The first-order valence-corrected chi connectivity index (χ1v) is 12.0. The van der Waals surface area contributed by atoms with Crippen LogP contribution < -0.4 is 10.6 Å². The van der Waals surface area contributed by atoms with Crippen molar-refractivity contribution < 1.29 is 0 Å². The number of piperazine rings is 1. The molecular weight excluding hydrogens is 402 g/mol. The van der Waals surface area contributed by atoms with Crippen LogP contribution in [0.5, 0.6) is 0 Å². The summed E-state index contributed by atoms with van der Waals surface area (Å²) in [4.78, 5) is 12.6. The van der Waals surface area contributed by atoms with Crippen LogP contribution >= 0.6 is 11.3 Å². The van der Waals surface area contributed by atoms with Crippen molar-refractivity contribution in [1.29, 1.82) is 0 Å². The maximum Gasteiger partial charge on any atom is 0.158 e. The van der Waals surface area contributed by atoms with Gasteiger partial charge in [-0.05, 0) is 30.5 Å². The number of fused-ring (bicyclic) bond motifs is 2. The van der Waals surface area contributed by atoms with Crippen LogP contribution in [0.2, 0.25) is 0 Å². The fourth-order valence-corrected chi connectivity index (χ4v) is 5.18. The van der Waals surface area contributed by atoms with E-state index < -0.39 is 0 Å². The van der Waals surface area contributed by atoms with E-state index in [1.165, 1.54) is 5.56 Å². The third-order valence-corrected chi connectivity index (χ3v) is 7.18. The smallest absolute Gasteiger partial charge is 0.158 e. The van der Waals surface area contributed by atoms with Crippen LogP contribution in [0.3, 0.4) is 0 Å². The quantitative estimate of drug-likeness (QED) is 0.588. The lowest BCUT2D eigenvalue weighted by Gasteiger charge is -2.35. The number of anilines is 2. The molecule has 2 aliphatic rings. The topological polar surface area (TPSA) is 52.6 Å². The van der Waals surface area contributed by atoms with Gasteiger partial charge in [-0.25, -0.2) is 9.98 Å². The molecule has 0 aliphatic carbocycles. The van der Waals surface area contributed by atoms with Gasteiger partial charge < -0.3 is 15.5 Å². The maximum absolute atomic E-state index is 5.13. The van der Waals surface area contributed by atoms with Crippen molar-refractivity contribution in [2.45, 2.75) is 38.6 Å². The van der Waals surface area contributed by atoms with Gasteiger partial charge >= 0.3 is 0 Å². The normalized spacial score (nSPS) is 18.1. The van der Waals surface area contributed by atoms with E-state index in [1.54, 1.807) is 11.3 Å². The predicted octanol–water partition coefficient (Wildman–Crippen LogP) is 5.31. The molecule has 5 rings (SSSR count). The Bertz CT molecular complexity index is 1070. The molecule has 160 valence electrons. The summed E-state index contributed by atoms with van der Waals surface area (Å²) in [6.07, 6.45) is 2.20. The number of aromatic nitrogens is 1. The summed E-state index contributed by atoms with van der Waals surface area (Å²) in [6.45, 7) is 7.25. The van der Waals surface area contributed by atoms with Crippen LogP contribution in [0.4, 0.5) is 16.4 Å². The van der Waals surface area contributed by atoms with Gasteiger partial charge in [-0.2, -0.15) is 0 Å². The molecule has 0 spiro atoms. The molecule has 1 fully saturated rings. The zero-order valence-electron chi connectivity index (χ0n) is 18.1. The van der Waals surface area contributed by atoms with Crippen LogP contribution in [0.15, 0.2) is 59.6 Å². The summed E-state index contributed by atoms with van der Waals surface area (Å²) >= 11 is 1.75. The Labute approximate surface area is 188 Å². The summed E-state index contributed by atoms with van der Waals surface area (Å²) < 4.78 is 0. The Morgan fingerprint density at radius 2 is 1.90 bits per heavy atom. The third kappa shape index (κ3) is 4.36. The number of thiazole rings is 1. The van der Waals surface area contributed by atoms with Gasteiger partial charge in [0.05, 0.1) is 16.4 Å².